The zero-order valence-electron chi connectivity index (χ0n) is 5.78. The Hall–Kier alpha value is -0.260. The summed E-state index contributed by atoms with van der Waals surface area (Å²) >= 11 is 0. The van der Waals surface area contributed by atoms with Gasteiger partial charge in [0.2, 0.25) is 0 Å². The first-order valence-corrected chi connectivity index (χ1v) is 3.44. The van der Waals surface area contributed by atoms with Crippen LogP contribution >= 0.6 is 0 Å². The quantitative estimate of drug-likeness (QED) is 0.333. The van der Waals surface area contributed by atoms with Crippen LogP contribution in [0.15, 0.2) is 11.6 Å². The Balaban J connectivity index is 2.42. The lowest BCUT2D eigenvalue weighted by molar-refractivity contribution is 0.514. The van der Waals surface area contributed by atoms with Gasteiger partial charge in [0.1, 0.15) is 0 Å². The Morgan fingerprint density at radius 2 is 2.38 bits per heavy atom. The van der Waals surface area contributed by atoms with Gasteiger partial charge in [0.05, 0.1) is 0 Å². The molecule has 0 heterocycles. The second kappa shape index (κ2) is 2.34. The van der Waals surface area contributed by atoms with Gasteiger partial charge in [-0.2, -0.15) is 0 Å². The van der Waals surface area contributed by atoms with Crippen molar-refractivity contribution in [3.05, 3.63) is 11.6 Å². The predicted molar refractivity (Wildman–Crippen MR) is 36.8 cm³/mol. The standard InChI is InChI=1S/C8H14/c1-7-3-5-8(2)6-4-7/h3,8H,4-6H2,1-2H3/i7+1. The molecular formula is C8H14. The summed E-state index contributed by atoms with van der Waals surface area (Å²) in [6.07, 6.45) is 6.42. The van der Waals surface area contributed by atoms with Crippen molar-refractivity contribution < 1.29 is 0 Å². The van der Waals surface area contributed by atoms with Crippen molar-refractivity contribution in [3.8, 4) is 0 Å². The van der Waals surface area contributed by atoms with E-state index in [0.29, 0.717) is 0 Å². The van der Waals surface area contributed by atoms with Gasteiger partial charge in [-0.1, -0.05) is 18.6 Å². The predicted octanol–water partition coefficient (Wildman–Crippen LogP) is 2.75. The molecule has 46 valence electrons. The fraction of sp³-hybridized carbons (Fsp3) is 0.750. The van der Waals surface area contributed by atoms with Crippen molar-refractivity contribution in [2.24, 2.45) is 5.92 Å². The van der Waals surface area contributed by atoms with Crippen molar-refractivity contribution in [3.63, 3.8) is 0 Å². The summed E-state index contributed by atoms with van der Waals surface area (Å²) in [7, 11) is 0. The molecule has 0 aromatic rings. The van der Waals surface area contributed by atoms with Crippen LogP contribution in [0.5, 0.6) is 0 Å². The molecule has 0 amide bonds. The molecule has 1 aliphatic rings. The van der Waals surface area contributed by atoms with E-state index in [1.807, 2.05) is 0 Å². The van der Waals surface area contributed by atoms with Crippen molar-refractivity contribution >= 4 is 0 Å². The molecule has 0 spiro atoms. The van der Waals surface area contributed by atoms with E-state index < -0.39 is 0 Å². The van der Waals surface area contributed by atoms with Crippen molar-refractivity contribution in [1.29, 1.82) is 0 Å². The first kappa shape index (κ1) is 5.87. The smallest absolute Gasteiger partial charge is 0.0320 e. The molecule has 1 aliphatic carbocycles. The van der Waals surface area contributed by atoms with Crippen LogP contribution in [0.1, 0.15) is 33.1 Å². The van der Waals surface area contributed by atoms with Gasteiger partial charge >= 0.3 is 0 Å². The van der Waals surface area contributed by atoms with Gasteiger partial charge in [0, 0.05) is 0 Å². The fourth-order valence-electron chi connectivity index (χ4n) is 1.10. The summed E-state index contributed by atoms with van der Waals surface area (Å²) < 4.78 is 0. The van der Waals surface area contributed by atoms with Crippen LogP contribution in [0.3, 0.4) is 0 Å². The van der Waals surface area contributed by atoms with E-state index in [2.05, 4.69) is 19.9 Å². The molecule has 1 rings (SSSR count). The molecule has 0 radical (unpaired) electrons. The summed E-state index contributed by atoms with van der Waals surface area (Å²) in [6, 6.07) is 0. The highest BCUT2D eigenvalue weighted by atomic mass is 14.4. The lowest BCUT2D eigenvalue weighted by atomic mass is 10.00. The van der Waals surface area contributed by atoms with E-state index in [0.717, 1.165) is 5.92 Å². The molecular weight excluding hydrogens is 97.1 g/mol. The average molecular weight is 111 g/mol. The number of allylic oxidation sites excluding steroid dienone is 2. The van der Waals surface area contributed by atoms with Crippen LogP contribution in [0.25, 0.3) is 0 Å². The van der Waals surface area contributed by atoms with Crippen LogP contribution in [0.4, 0.5) is 0 Å². The van der Waals surface area contributed by atoms with E-state index in [9.17, 15) is 0 Å². The molecule has 0 aromatic heterocycles. The van der Waals surface area contributed by atoms with Gasteiger partial charge in [-0.3, -0.25) is 0 Å². The fourth-order valence-corrected chi connectivity index (χ4v) is 1.10. The summed E-state index contributed by atoms with van der Waals surface area (Å²) in [5, 5.41) is 0. The number of hydrogen-bond acceptors (Lipinski definition) is 0. The minimum Gasteiger partial charge on any atom is -0.0853 e. The molecule has 0 saturated carbocycles. The molecule has 0 N–H and O–H groups in total. The second-order valence-electron chi connectivity index (χ2n) is 2.93. The summed E-state index contributed by atoms with van der Waals surface area (Å²) in [6.45, 7) is 4.55. The van der Waals surface area contributed by atoms with Gasteiger partial charge in [-0.15, -0.1) is 0 Å². The van der Waals surface area contributed by atoms with E-state index in [-0.39, 0.29) is 0 Å². The molecule has 8 heavy (non-hydrogen) atoms. The van der Waals surface area contributed by atoms with E-state index in [1.165, 1.54) is 19.3 Å². The van der Waals surface area contributed by atoms with E-state index in [4.69, 9.17) is 0 Å². The minimum atomic E-state index is 0.943. The Kier molecular flexibility index (Phi) is 1.72. The number of rotatable bonds is 0. The molecule has 0 bridgehead atoms. The topological polar surface area (TPSA) is 0 Å². The van der Waals surface area contributed by atoms with Gasteiger partial charge in [0.15, 0.2) is 0 Å². The highest BCUT2D eigenvalue weighted by molar-refractivity contribution is 5.01. The van der Waals surface area contributed by atoms with Crippen LogP contribution in [-0.4, -0.2) is 0 Å². The average Bonchev–Trinajstić information content (AvgIpc) is 1.77. The Morgan fingerprint density at radius 1 is 1.62 bits per heavy atom. The largest absolute Gasteiger partial charge is 0.0853 e. The number of hydrogen-bond donors (Lipinski definition) is 0. The van der Waals surface area contributed by atoms with Crippen LogP contribution in [0.2, 0.25) is 0 Å². The first-order valence-electron chi connectivity index (χ1n) is 3.44. The highest BCUT2D eigenvalue weighted by Gasteiger charge is 2.05. The summed E-state index contributed by atoms with van der Waals surface area (Å²) in [4.78, 5) is 0. The maximum atomic E-state index is 2.37. The third-order valence-electron chi connectivity index (χ3n) is 1.90. The molecule has 0 nitrogen and oxygen atoms in total. The van der Waals surface area contributed by atoms with Crippen LogP contribution < -0.4 is 0 Å². The van der Waals surface area contributed by atoms with Crippen molar-refractivity contribution in [2.45, 2.75) is 33.1 Å². The SMILES string of the molecule is CC1CC=[13C](C)CC1. The van der Waals surface area contributed by atoms with Crippen LogP contribution in [0, 0.1) is 5.92 Å². The van der Waals surface area contributed by atoms with Crippen LogP contribution in [-0.2, 0) is 0 Å². The first-order chi connectivity index (χ1) is 3.79. The van der Waals surface area contributed by atoms with Crippen molar-refractivity contribution in [1.82, 2.24) is 0 Å². The maximum Gasteiger partial charge on any atom is -0.0320 e. The molecule has 1 unspecified atom stereocenters. The minimum absolute atomic E-state index is 0.943. The lowest BCUT2D eigenvalue weighted by Crippen LogP contribution is -1.98. The Labute approximate surface area is 51.6 Å². The molecule has 0 heteroatoms. The Morgan fingerprint density at radius 3 is 2.75 bits per heavy atom. The van der Waals surface area contributed by atoms with Gasteiger partial charge in [0.25, 0.3) is 0 Å². The molecule has 0 saturated heterocycles. The second-order valence-corrected chi connectivity index (χ2v) is 2.93. The normalized spacial score (nSPS) is 29.8. The Bertz CT molecular complexity index is 101. The highest BCUT2D eigenvalue weighted by Crippen LogP contribution is 2.21. The van der Waals surface area contributed by atoms with Gasteiger partial charge < -0.3 is 0 Å². The molecule has 0 aromatic carbocycles. The maximum absolute atomic E-state index is 2.37. The third-order valence-corrected chi connectivity index (χ3v) is 1.90. The zero-order valence-corrected chi connectivity index (χ0v) is 5.78. The summed E-state index contributed by atoms with van der Waals surface area (Å²) in [5.74, 6) is 0.943. The van der Waals surface area contributed by atoms with Gasteiger partial charge in [-0.05, 0) is 32.1 Å². The van der Waals surface area contributed by atoms with E-state index >= 15 is 0 Å². The summed E-state index contributed by atoms with van der Waals surface area (Å²) in [5.41, 5.74) is 1.59. The molecule has 1 atom stereocenters. The molecule has 0 aliphatic heterocycles. The van der Waals surface area contributed by atoms with E-state index in [1.54, 1.807) is 5.57 Å². The zero-order chi connectivity index (χ0) is 5.98. The molecule has 0 fully saturated rings. The van der Waals surface area contributed by atoms with Crippen molar-refractivity contribution in [2.75, 3.05) is 0 Å². The lowest BCUT2D eigenvalue weighted by Gasteiger charge is -2.14. The van der Waals surface area contributed by atoms with Gasteiger partial charge in [-0.25, -0.2) is 0 Å². The monoisotopic (exact) mass is 111 g/mol. The third kappa shape index (κ3) is 1.36.